The van der Waals surface area contributed by atoms with Crippen LogP contribution in [0.2, 0.25) is 0 Å². The van der Waals surface area contributed by atoms with E-state index in [9.17, 15) is 9.59 Å². The predicted octanol–water partition coefficient (Wildman–Crippen LogP) is 1.90. The number of hydrogen-bond acceptors (Lipinski definition) is 7. The Labute approximate surface area is 219 Å². The van der Waals surface area contributed by atoms with E-state index < -0.39 is 23.6 Å². The van der Waals surface area contributed by atoms with Crippen molar-refractivity contribution in [3.63, 3.8) is 0 Å². The first-order chi connectivity index (χ1) is 17.2. The van der Waals surface area contributed by atoms with Crippen LogP contribution in [0.3, 0.4) is 0 Å². The van der Waals surface area contributed by atoms with E-state index in [1.54, 1.807) is 37.8 Å². The molecule has 1 aromatic carbocycles. The average Bonchev–Trinajstić information content (AvgIpc) is 3.28. The van der Waals surface area contributed by atoms with E-state index >= 15 is 0 Å². The largest absolute Gasteiger partial charge is 0.491 e. The van der Waals surface area contributed by atoms with Gasteiger partial charge in [-0.15, -0.1) is 0 Å². The van der Waals surface area contributed by atoms with E-state index in [1.165, 1.54) is 22.5 Å². The highest BCUT2D eigenvalue weighted by molar-refractivity contribution is 5.85. The molecule has 0 radical (unpaired) electrons. The van der Waals surface area contributed by atoms with E-state index in [-0.39, 0.29) is 18.4 Å². The summed E-state index contributed by atoms with van der Waals surface area (Å²) in [6.45, 7) is 12.1. The fourth-order valence-electron chi connectivity index (χ4n) is 3.18. The second-order valence-corrected chi connectivity index (χ2v) is 9.70. The van der Waals surface area contributed by atoms with Gasteiger partial charge in [0.25, 0.3) is 0 Å². The van der Waals surface area contributed by atoms with Gasteiger partial charge in [0.2, 0.25) is 11.9 Å². The van der Waals surface area contributed by atoms with E-state index in [0.717, 1.165) is 5.75 Å². The number of imidazole rings is 1. The molecule has 8 N–H and O–H groups in total. The Bertz CT molecular complexity index is 982. The van der Waals surface area contributed by atoms with Gasteiger partial charge in [-0.25, -0.2) is 19.5 Å². The van der Waals surface area contributed by atoms with Crippen LogP contribution in [-0.2, 0) is 9.53 Å². The molecule has 2 rings (SSSR count). The summed E-state index contributed by atoms with van der Waals surface area (Å²) >= 11 is 0. The highest BCUT2D eigenvalue weighted by Crippen LogP contribution is 2.22. The maximum atomic E-state index is 11.7. The molecule has 0 saturated carbocycles. The first kappa shape index (κ1) is 31.2. The van der Waals surface area contributed by atoms with Crippen molar-refractivity contribution < 1.29 is 19.1 Å². The fourth-order valence-corrected chi connectivity index (χ4v) is 3.18. The summed E-state index contributed by atoms with van der Waals surface area (Å²) in [5.41, 5.74) is 18.1. The summed E-state index contributed by atoms with van der Waals surface area (Å²) in [6.07, 6.45) is 4.75. The second-order valence-electron chi connectivity index (χ2n) is 9.70. The van der Waals surface area contributed by atoms with Gasteiger partial charge in [-0.3, -0.25) is 10.2 Å². The molecule has 1 heterocycles. The number of carbonyl (C=O) groups excluding carboxylic acids is 2. The van der Waals surface area contributed by atoms with Gasteiger partial charge in [0.15, 0.2) is 0 Å². The number of nitrogens with zero attached hydrogens (tertiary/aromatic N) is 3. The van der Waals surface area contributed by atoms with Gasteiger partial charge in [-0.2, -0.15) is 0 Å². The van der Waals surface area contributed by atoms with Crippen LogP contribution in [0.4, 0.5) is 4.79 Å². The van der Waals surface area contributed by atoms with E-state index in [2.05, 4.69) is 10.3 Å². The molecular formula is C25H42N8O4. The smallest absolute Gasteiger partial charge is 0.408 e. The molecule has 2 aromatic rings. The molecule has 0 aliphatic rings. The van der Waals surface area contributed by atoms with E-state index in [1.807, 2.05) is 39.0 Å². The molecular weight excluding hydrogens is 476 g/mol. The molecule has 37 heavy (non-hydrogen) atoms. The Morgan fingerprint density at radius 2 is 1.84 bits per heavy atom. The molecule has 0 aliphatic heterocycles. The molecule has 1 aromatic heterocycles. The Kier molecular flexibility index (Phi) is 12.4. The number of guanidine groups is 1. The number of para-hydroxylation sites is 1. The maximum Gasteiger partial charge on any atom is 0.408 e. The topological polar surface area (TPSA) is 188 Å². The van der Waals surface area contributed by atoms with Crippen molar-refractivity contribution in [3.05, 3.63) is 48.0 Å². The predicted molar refractivity (Wildman–Crippen MR) is 144 cm³/mol. The van der Waals surface area contributed by atoms with Crippen molar-refractivity contribution >= 4 is 18.0 Å². The normalized spacial score (nSPS) is 12.4. The quantitative estimate of drug-likeness (QED) is 0.233. The monoisotopic (exact) mass is 518 g/mol. The highest BCUT2D eigenvalue weighted by atomic mass is 16.6. The summed E-state index contributed by atoms with van der Waals surface area (Å²) in [7, 11) is 0. The molecule has 2 atom stereocenters. The Morgan fingerprint density at radius 3 is 2.30 bits per heavy atom. The number of benzene rings is 1. The van der Waals surface area contributed by atoms with Gasteiger partial charge < -0.3 is 32.0 Å². The second kappa shape index (κ2) is 14.7. The minimum atomic E-state index is -0.864. The van der Waals surface area contributed by atoms with Gasteiger partial charge in [0.1, 0.15) is 30.3 Å². The van der Waals surface area contributed by atoms with Crippen LogP contribution in [-0.4, -0.2) is 58.5 Å². The molecule has 0 saturated heterocycles. The zero-order valence-corrected chi connectivity index (χ0v) is 22.7. The number of hydrogen-bond donors (Lipinski definition) is 5. The number of amides is 2. The third-order valence-electron chi connectivity index (χ3n) is 4.84. The van der Waals surface area contributed by atoms with Crippen LogP contribution in [0, 0.1) is 19.3 Å². The van der Waals surface area contributed by atoms with Crippen molar-refractivity contribution in [1.29, 1.82) is 5.41 Å². The number of nitrogens with two attached hydrogens (primary N) is 3. The molecule has 1 unspecified atom stereocenters. The van der Waals surface area contributed by atoms with Crippen LogP contribution in [0.5, 0.6) is 5.75 Å². The molecule has 0 aliphatic carbocycles. The lowest BCUT2D eigenvalue weighted by molar-refractivity contribution is -0.120. The number of alkyl carbamates (subject to hydrolysis) is 1. The maximum absolute atomic E-state index is 11.7. The SMILES string of the molecule is CC(C)(C)OC(=O)N[C@@H](CCCN(C(=N)N)n1ccnc1)C(N)=O.Cc1cccc(C)c1OCC(C)N. The number of carbonyl (C=O) groups is 2. The number of ether oxygens (including phenoxy) is 2. The minimum Gasteiger partial charge on any atom is -0.491 e. The summed E-state index contributed by atoms with van der Waals surface area (Å²) in [6, 6.07) is 5.34. The van der Waals surface area contributed by atoms with Crippen molar-refractivity contribution in [2.45, 2.75) is 72.1 Å². The van der Waals surface area contributed by atoms with Crippen LogP contribution in [0.25, 0.3) is 0 Å². The number of primary amides is 1. The lowest BCUT2D eigenvalue weighted by atomic mass is 10.1. The molecule has 206 valence electrons. The van der Waals surface area contributed by atoms with Gasteiger partial charge >= 0.3 is 6.09 Å². The zero-order chi connectivity index (χ0) is 28.2. The third-order valence-corrected chi connectivity index (χ3v) is 4.84. The fraction of sp³-hybridized carbons (Fsp3) is 0.520. The minimum absolute atomic E-state index is 0.0824. The summed E-state index contributed by atoms with van der Waals surface area (Å²) in [4.78, 5) is 27.1. The summed E-state index contributed by atoms with van der Waals surface area (Å²) in [5.74, 6) is 0.154. The Balaban J connectivity index is 0.000000442. The van der Waals surface area contributed by atoms with Crippen molar-refractivity contribution in [2.24, 2.45) is 17.2 Å². The number of aryl methyl sites for hydroxylation is 2. The summed E-state index contributed by atoms with van der Waals surface area (Å²) < 4.78 is 12.3. The standard InChI is InChI=1S/C14H25N7O3.C11H17NO/c1-14(2,3)24-13(23)19-10(11(15)22)5-4-7-21(12(16)17)20-8-6-18-9-20;1-8-5-4-6-9(2)11(8)13-7-10(3)12/h6,8-10H,4-5,7H2,1-3H3,(H2,15,22)(H3,16,17)(H,19,23);4-6,10H,7,12H2,1-3H3/t10-;/m0./s1. The van der Waals surface area contributed by atoms with Crippen LogP contribution >= 0.6 is 0 Å². The highest BCUT2D eigenvalue weighted by Gasteiger charge is 2.23. The molecule has 12 nitrogen and oxygen atoms in total. The average molecular weight is 519 g/mol. The van der Waals surface area contributed by atoms with Gasteiger partial charge in [-0.1, -0.05) is 18.2 Å². The first-order valence-electron chi connectivity index (χ1n) is 12.0. The zero-order valence-electron chi connectivity index (χ0n) is 22.7. The lowest BCUT2D eigenvalue weighted by Gasteiger charge is -2.25. The van der Waals surface area contributed by atoms with Crippen LogP contribution in [0.1, 0.15) is 51.7 Å². The van der Waals surface area contributed by atoms with Crippen LogP contribution < -0.4 is 32.3 Å². The van der Waals surface area contributed by atoms with Crippen LogP contribution in [0.15, 0.2) is 36.9 Å². The Hall–Kier alpha value is -3.80. The molecule has 0 spiro atoms. The number of aromatic nitrogens is 2. The molecule has 2 amide bonds. The number of nitrogens with one attached hydrogen (secondary N) is 2. The molecule has 12 heteroatoms. The Morgan fingerprint density at radius 1 is 1.22 bits per heavy atom. The van der Waals surface area contributed by atoms with E-state index in [0.29, 0.717) is 19.6 Å². The molecule has 0 fully saturated rings. The van der Waals surface area contributed by atoms with Crippen molar-refractivity contribution in [3.8, 4) is 5.75 Å². The molecule has 0 bridgehead atoms. The number of rotatable bonds is 10. The summed E-state index contributed by atoms with van der Waals surface area (Å²) in [5, 5.41) is 11.5. The van der Waals surface area contributed by atoms with Gasteiger partial charge in [0, 0.05) is 25.0 Å². The first-order valence-corrected chi connectivity index (χ1v) is 12.0. The third kappa shape index (κ3) is 12.1. The van der Waals surface area contributed by atoms with Gasteiger partial charge in [0.05, 0.1) is 0 Å². The van der Waals surface area contributed by atoms with Gasteiger partial charge in [-0.05, 0) is 65.5 Å². The lowest BCUT2D eigenvalue weighted by Crippen LogP contribution is -2.48. The van der Waals surface area contributed by atoms with E-state index in [4.69, 9.17) is 32.1 Å². The van der Waals surface area contributed by atoms with Crippen molar-refractivity contribution in [2.75, 3.05) is 18.2 Å². The van der Waals surface area contributed by atoms with Crippen molar-refractivity contribution in [1.82, 2.24) is 15.0 Å².